The zero-order valence-corrected chi connectivity index (χ0v) is 15.5. The van der Waals surface area contributed by atoms with Crippen molar-refractivity contribution >= 4 is 17.5 Å². The molecule has 1 aromatic rings. The van der Waals surface area contributed by atoms with Gasteiger partial charge in [-0.2, -0.15) is 0 Å². The third-order valence-corrected chi connectivity index (χ3v) is 6.19. The average Bonchev–Trinajstić information content (AvgIpc) is 2.69. The van der Waals surface area contributed by atoms with Gasteiger partial charge in [-0.3, -0.25) is 9.59 Å². The fourth-order valence-corrected chi connectivity index (χ4v) is 4.74. The van der Waals surface area contributed by atoms with Crippen molar-refractivity contribution in [2.45, 2.75) is 37.3 Å². The molecule has 3 saturated heterocycles. The summed E-state index contributed by atoms with van der Waals surface area (Å²) in [4.78, 5) is 29.0. The summed E-state index contributed by atoms with van der Waals surface area (Å²) < 4.78 is 24.5. The lowest BCUT2D eigenvalue weighted by Crippen LogP contribution is -2.78. The molecule has 0 aromatic heterocycles. The highest BCUT2D eigenvalue weighted by atomic mass is 19.1. The number of amides is 2. The summed E-state index contributed by atoms with van der Waals surface area (Å²) in [7, 11) is 1.53. The summed E-state index contributed by atoms with van der Waals surface area (Å²) >= 11 is 0. The summed E-state index contributed by atoms with van der Waals surface area (Å²) in [6.45, 7) is 2.44. The van der Waals surface area contributed by atoms with Gasteiger partial charge in [-0.15, -0.1) is 0 Å². The Morgan fingerprint density at radius 3 is 2.59 bits per heavy atom. The fraction of sp³-hybridized carbons (Fsp3) is 0.600. The molecule has 1 spiro atoms. The molecule has 1 atom stereocenters. The number of rotatable bonds is 3. The van der Waals surface area contributed by atoms with E-state index >= 15 is 0 Å². The van der Waals surface area contributed by atoms with Crippen molar-refractivity contribution in [2.75, 3.05) is 38.3 Å². The van der Waals surface area contributed by atoms with E-state index in [2.05, 4.69) is 0 Å². The van der Waals surface area contributed by atoms with Crippen LogP contribution in [0.1, 0.15) is 25.7 Å². The SMILES string of the molecule is COC1C(=O)N(c2cccc(F)c2)C12CCN(C(=O)C1CCOCC1)CC2. The number of nitrogens with zero attached hydrogens (tertiary/aromatic N) is 2. The molecule has 4 rings (SSSR count). The first kappa shape index (κ1) is 18.4. The van der Waals surface area contributed by atoms with Gasteiger partial charge in [0.25, 0.3) is 5.91 Å². The molecule has 3 aliphatic rings. The summed E-state index contributed by atoms with van der Waals surface area (Å²) in [6.07, 6.45) is 2.26. The summed E-state index contributed by atoms with van der Waals surface area (Å²) in [5.74, 6) is -0.297. The summed E-state index contributed by atoms with van der Waals surface area (Å²) in [5, 5.41) is 0. The van der Waals surface area contributed by atoms with Crippen LogP contribution in [0, 0.1) is 11.7 Å². The largest absolute Gasteiger partial charge is 0.381 e. The highest BCUT2D eigenvalue weighted by molar-refractivity contribution is 6.07. The van der Waals surface area contributed by atoms with Crippen LogP contribution in [-0.2, 0) is 19.1 Å². The number of anilines is 1. The first-order chi connectivity index (χ1) is 13.1. The van der Waals surface area contributed by atoms with Gasteiger partial charge in [-0.1, -0.05) is 6.07 Å². The standard InChI is InChI=1S/C20H25FN2O4/c1-26-17-19(25)23(16-4-2-3-15(21)13-16)20(17)7-9-22(10-8-20)18(24)14-5-11-27-12-6-14/h2-4,13-14,17H,5-12H2,1H3. The number of likely N-dealkylation sites (tertiary alicyclic amines) is 1. The Morgan fingerprint density at radius 1 is 1.26 bits per heavy atom. The Hall–Kier alpha value is -1.99. The van der Waals surface area contributed by atoms with Gasteiger partial charge in [0, 0.05) is 45.0 Å². The maximum atomic E-state index is 13.7. The maximum absolute atomic E-state index is 13.7. The average molecular weight is 376 g/mol. The van der Waals surface area contributed by atoms with Crippen molar-refractivity contribution in [1.29, 1.82) is 0 Å². The third kappa shape index (κ3) is 3.02. The number of hydrogen-bond acceptors (Lipinski definition) is 4. The first-order valence-electron chi connectivity index (χ1n) is 9.56. The van der Waals surface area contributed by atoms with Crippen molar-refractivity contribution in [2.24, 2.45) is 5.92 Å². The minimum atomic E-state index is -0.541. The Kier molecular flexibility index (Phi) is 4.90. The molecule has 6 nitrogen and oxygen atoms in total. The van der Waals surface area contributed by atoms with Gasteiger partial charge in [-0.05, 0) is 43.9 Å². The van der Waals surface area contributed by atoms with Crippen LogP contribution in [0.3, 0.4) is 0 Å². The molecule has 1 aromatic carbocycles. The number of carbonyl (C=O) groups is 2. The van der Waals surface area contributed by atoms with Crippen molar-refractivity contribution in [3.63, 3.8) is 0 Å². The molecule has 0 saturated carbocycles. The summed E-state index contributed by atoms with van der Waals surface area (Å²) in [5.41, 5.74) is 0.0454. The molecule has 3 heterocycles. The topological polar surface area (TPSA) is 59.1 Å². The molecule has 0 aliphatic carbocycles. The number of ether oxygens (including phenoxy) is 2. The Bertz CT molecular complexity index is 726. The Balaban J connectivity index is 1.50. The van der Waals surface area contributed by atoms with E-state index in [0.717, 1.165) is 12.8 Å². The number of piperidine rings is 1. The third-order valence-electron chi connectivity index (χ3n) is 6.19. The predicted molar refractivity (Wildman–Crippen MR) is 96.8 cm³/mol. The number of methoxy groups -OCH3 is 1. The van der Waals surface area contributed by atoms with E-state index in [4.69, 9.17) is 9.47 Å². The van der Waals surface area contributed by atoms with E-state index in [1.807, 2.05) is 4.90 Å². The number of hydrogen-bond donors (Lipinski definition) is 0. The molecule has 7 heteroatoms. The van der Waals surface area contributed by atoms with Crippen molar-refractivity contribution < 1.29 is 23.5 Å². The zero-order valence-electron chi connectivity index (χ0n) is 15.5. The second-order valence-electron chi connectivity index (χ2n) is 7.58. The van der Waals surface area contributed by atoms with Crippen LogP contribution in [0.25, 0.3) is 0 Å². The lowest BCUT2D eigenvalue weighted by atomic mass is 9.72. The van der Waals surface area contributed by atoms with E-state index in [-0.39, 0.29) is 23.5 Å². The van der Waals surface area contributed by atoms with Crippen LogP contribution in [0.15, 0.2) is 24.3 Å². The van der Waals surface area contributed by atoms with Gasteiger partial charge in [0.05, 0.1) is 5.54 Å². The molecule has 3 aliphatic heterocycles. The smallest absolute Gasteiger partial charge is 0.259 e. The van der Waals surface area contributed by atoms with E-state index in [9.17, 15) is 14.0 Å². The second kappa shape index (κ2) is 7.20. The molecule has 1 unspecified atom stereocenters. The van der Waals surface area contributed by atoms with Gasteiger partial charge in [-0.25, -0.2) is 4.39 Å². The van der Waals surface area contributed by atoms with E-state index in [1.165, 1.54) is 19.2 Å². The van der Waals surface area contributed by atoms with Crippen molar-refractivity contribution in [3.05, 3.63) is 30.1 Å². The number of carbonyl (C=O) groups excluding carboxylic acids is 2. The zero-order chi connectivity index (χ0) is 19.0. The summed E-state index contributed by atoms with van der Waals surface area (Å²) in [6, 6.07) is 6.10. The monoisotopic (exact) mass is 376 g/mol. The molecular formula is C20H25FN2O4. The lowest BCUT2D eigenvalue weighted by Gasteiger charge is -2.59. The molecule has 0 radical (unpaired) electrons. The molecule has 27 heavy (non-hydrogen) atoms. The van der Waals surface area contributed by atoms with Crippen LogP contribution in [0.2, 0.25) is 0 Å². The minimum Gasteiger partial charge on any atom is -0.381 e. The molecular weight excluding hydrogens is 351 g/mol. The van der Waals surface area contributed by atoms with E-state index < -0.39 is 11.6 Å². The van der Waals surface area contributed by atoms with Gasteiger partial charge in [0.15, 0.2) is 6.10 Å². The van der Waals surface area contributed by atoms with Gasteiger partial charge in [0.2, 0.25) is 5.91 Å². The van der Waals surface area contributed by atoms with Crippen LogP contribution in [0.5, 0.6) is 0 Å². The van der Waals surface area contributed by atoms with E-state index in [1.54, 1.807) is 17.0 Å². The lowest BCUT2D eigenvalue weighted by molar-refractivity contribution is -0.154. The molecule has 0 bridgehead atoms. The van der Waals surface area contributed by atoms with Crippen LogP contribution < -0.4 is 4.90 Å². The number of halogens is 1. The maximum Gasteiger partial charge on any atom is 0.259 e. The quantitative estimate of drug-likeness (QED) is 0.757. The molecule has 146 valence electrons. The van der Waals surface area contributed by atoms with E-state index in [0.29, 0.717) is 44.8 Å². The van der Waals surface area contributed by atoms with Gasteiger partial charge >= 0.3 is 0 Å². The van der Waals surface area contributed by atoms with Gasteiger partial charge in [0.1, 0.15) is 5.82 Å². The normalized spacial score (nSPS) is 25.6. The van der Waals surface area contributed by atoms with Gasteiger partial charge < -0.3 is 19.3 Å². The second-order valence-corrected chi connectivity index (χ2v) is 7.58. The molecule has 0 N–H and O–H groups in total. The van der Waals surface area contributed by atoms with Crippen LogP contribution in [-0.4, -0.2) is 61.8 Å². The Morgan fingerprint density at radius 2 is 1.96 bits per heavy atom. The number of benzene rings is 1. The predicted octanol–water partition coefficient (Wildman–Crippen LogP) is 1.98. The highest BCUT2D eigenvalue weighted by Crippen LogP contribution is 2.46. The van der Waals surface area contributed by atoms with Crippen LogP contribution >= 0.6 is 0 Å². The molecule has 2 amide bonds. The van der Waals surface area contributed by atoms with Crippen molar-refractivity contribution in [3.8, 4) is 0 Å². The number of β-lactam (4-membered cyclic amide) rings is 1. The Labute approximate surface area is 158 Å². The molecule has 3 fully saturated rings. The van der Waals surface area contributed by atoms with Crippen LogP contribution in [0.4, 0.5) is 10.1 Å². The fourth-order valence-electron chi connectivity index (χ4n) is 4.74. The first-order valence-corrected chi connectivity index (χ1v) is 9.56. The van der Waals surface area contributed by atoms with Crippen molar-refractivity contribution in [1.82, 2.24) is 4.90 Å². The minimum absolute atomic E-state index is 0.0355. The highest BCUT2D eigenvalue weighted by Gasteiger charge is 2.62.